The first-order valence-corrected chi connectivity index (χ1v) is 9.90. The van der Waals surface area contributed by atoms with Gasteiger partial charge >= 0.3 is 29.8 Å². The zero-order valence-electron chi connectivity index (χ0n) is 18.1. The van der Waals surface area contributed by atoms with E-state index in [-0.39, 0.29) is 0 Å². The van der Waals surface area contributed by atoms with Crippen LogP contribution in [0.5, 0.6) is 0 Å². The van der Waals surface area contributed by atoms with Crippen LogP contribution in [-0.4, -0.2) is 97.3 Å². The Labute approximate surface area is 196 Å². The normalized spacial score (nSPS) is 13.9. The van der Waals surface area contributed by atoms with Crippen LogP contribution < -0.4 is 21.7 Å². The van der Waals surface area contributed by atoms with Gasteiger partial charge in [0.1, 0.15) is 18.1 Å². The lowest BCUT2D eigenvalue weighted by atomic mass is 10.1. The lowest BCUT2D eigenvalue weighted by molar-refractivity contribution is -0.144. The summed E-state index contributed by atoms with van der Waals surface area (Å²) in [7, 11) is 0. The lowest BCUT2D eigenvalue weighted by Gasteiger charge is -2.24. The summed E-state index contributed by atoms with van der Waals surface area (Å²) in [6.45, 7) is 0. The molecule has 0 aromatic carbocycles. The van der Waals surface area contributed by atoms with Crippen LogP contribution in [0.1, 0.15) is 38.5 Å². The average molecular weight is 506 g/mol. The van der Waals surface area contributed by atoms with E-state index in [1.54, 1.807) is 0 Å². The molecule has 0 bridgehead atoms. The lowest BCUT2D eigenvalue weighted by Crippen LogP contribution is -2.57. The molecule has 0 aromatic heterocycles. The molecule has 0 spiro atoms. The highest BCUT2D eigenvalue weighted by Gasteiger charge is 2.32. The van der Waals surface area contributed by atoms with E-state index in [1.807, 2.05) is 16.0 Å². The number of carbonyl (C=O) groups excluding carboxylic acids is 3. The predicted molar refractivity (Wildman–Crippen MR) is 110 cm³/mol. The number of carboxylic acids is 5. The largest absolute Gasteiger partial charge is 0.481 e. The molecule has 0 unspecified atom stereocenters. The van der Waals surface area contributed by atoms with Gasteiger partial charge in [-0.15, -0.1) is 0 Å². The molecule has 0 saturated carbocycles. The molecule has 0 aromatic rings. The maximum absolute atomic E-state index is 12.6. The second-order valence-corrected chi connectivity index (χ2v) is 7.19. The number of hydrogen-bond acceptors (Lipinski definition) is 9. The van der Waals surface area contributed by atoms with Gasteiger partial charge in [0.2, 0.25) is 17.7 Å². The van der Waals surface area contributed by atoms with Gasteiger partial charge in [-0.1, -0.05) is 0 Å². The highest BCUT2D eigenvalue weighted by molar-refractivity contribution is 5.96. The Morgan fingerprint density at radius 2 is 0.943 bits per heavy atom. The quantitative estimate of drug-likeness (QED) is 0.0926. The monoisotopic (exact) mass is 506 g/mol. The fraction of sp³-hybridized carbons (Fsp3) is 0.556. The van der Waals surface area contributed by atoms with Crippen LogP contribution in [0.25, 0.3) is 0 Å². The number of nitrogens with one attached hydrogen (secondary N) is 3. The van der Waals surface area contributed by atoms with E-state index in [9.17, 15) is 38.4 Å². The van der Waals surface area contributed by atoms with Gasteiger partial charge in [0.15, 0.2) is 0 Å². The fourth-order valence-corrected chi connectivity index (χ4v) is 2.55. The van der Waals surface area contributed by atoms with Crippen molar-refractivity contribution in [1.82, 2.24) is 16.0 Å². The third kappa shape index (κ3) is 13.1. The molecule has 3 amide bonds. The standard InChI is InChI=1S/C18H26N4O13/c19-7(5-13(27)28)15(31)22-10(6-14(29)30)17(33)20-8(1-3-11(23)24)16(32)21-9(18(34)35)2-4-12(25)26/h7-10H,1-6,19H2,(H,20,33)(H,21,32)(H,22,31)(H,23,24)(H,25,26)(H,27,28)(H,29,30)(H,34,35)/t7-,8-,9-,10-/m0/s1. The van der Waals surface area contributed by atoms with Gasteiger partial charge in [0, 0.05) is 12.8 Å². The van der Waals surface area contributed by atoms with Crippen LogP contribution in [0.3, 0.4) is 0 Å². The summed E-state index contributed by atoms with van der Waals surface area (Å²) in [5.74, 6) is -11.1. The molecule has 17 heteroatoms. The van der Waals surface area contributed by atoms with Gasteiger partial charge in [0.25, 0.3) is 0 Å². The van der Waals surface area contributed by atoms with Crippen molar-refractivity contribution in [2.45, 2.75) is 62.7 Å². The van der Waals surface area contributed by atoms with Gasteiger partial charge in [-0.3, -0.25) is 33.6 Å². The second-order valence-electron chi connectivity index (χ2n) is 7.19. The minimum absolute atomic E-state index is 0.533. The van der Waals surface area contributed by atoms with Crippen LogP contribution >= 0.6 is 0 Å². The highest BCUT2D eigenvalue weighted by atomic mass is 16.4. The first-order valence-electron chi connectivity index (χ1n) is 9.90. The number of nitrogens with two attached hydrogens (primary N) is 1. The molecule has 0 saturated heterocycles. The fourth-order valence-electron chi connectivity index (χ4n) is 2.55. The van der Waals surface area contributed by atoms with Crippen LogP contribution in [0, 0.1) is 0 Å². The Bertz CT molecular complexity index is 859. The molecule has 0 fully saturated rings. The smallest absolute Gasteiger partial charge is 0.326 e. The van der Waals surface area contributed by atoms with E-state index in [4.69, 9.17) is 31.3 Å². The average Bonchev–Trinajstić information content (AvgIpc) is 2.71. The van der Waals surface area contributed by atoms with E-state index in [1.165, 1.54) is 0 Å². The van der Waals surface area contributed by atoms with Crippen LogP contribution in [0.15, 0.2) is 0 Å². The number of amides is 3. The molecule has 4 atom stereocenters. The van der Waals surface area contributed by atoms with E-state index in [0.29, 0.717) is 0 Å². The molecular weight excluding hydrogens is 480 g/mol. The molecule has 0 heterocycles. The van der Waals surface area contributed by atoms with Crippen LogP contribution in [-0.2, 0) is 38.4 Å². The van der Waals surface area contributed by atoms with Gasteiger partial charge in [-0.2, -0.15) is 0 Å². The topological polar surface area (TPSA) is 300 Å². The van der Waals surface area contributed by atoms with Crippen molar-refractivity contribution in [3.05, 3.63) is 0 Å². The molecule has 35 heavy (non-hydrogen) atoms. The molecule has 0 aliphatic heterocycles. The number of rotatable bonds is 17. The maximum Gasteiger partial charge on any atom is 0.326 e. The molecule has 17 nitrogen and oxygen atoms in total. The zero-order valence-corrected chi connectivity index (χ0v) is 18.1. The van der Waals surface area contributed by atoms with Gasteiger partial charge < -0.3 is 47.2 Å². The van der Waals surface area contributed by atoms with E-state index in [0.717, 1.165) is 0 Å². The minimum Gasteiger partial charge on any atom is -0.481 e. The number of hydrogen-bond donors (Lipinski definition) is 9. The van der Waals surface area contributed by atoms with E-state index >= 15 is 0 Å². The van der Waals surface area contributed by atoms with Crippen LogP contribution in [0.2, 0.25) is 0 Å². The molecule has 0 radical (unpaired) electrons. The van der Waals surface area contributed by atoms with Crippen molar-refractivity contribution in [2.24, 2.45) is 5.73 Å². The Morgan fingerprint density at radius 3 is 1.37 bits per heavy atom. The molecular formula is C18H26N4O13. The van der Waals surface area contributed by atoms with Gasteiger partial charge in [0.05, 0.1) is 18.9 Å². The molecule has 0 aliphatic rings. The number of carbonyl (C=O) groups is 8. The third-order valence-corrected chi connectivity index (χ3v) is 4.28. The van der Waals surface area contributed by atoms with Crippen molar-refractivity contribution in [3.63, 3.8) is 0 Å². The molecule has 10 N–H and O–H groups in total. The summed E-state index contributed by atoms with van der Waals surface area (Å²) in [4.78, 5) is 91.8. The van der Waals surface area contributed by atoms with Gasteiger partial charge in [-0.25, -0.2) is 4.79 Å². The van der Waals surface area contributed by atoms with Crippen LogP contribution in [0.4, 0.5) is 0 Å². The first-order chi connectivity index (χ1) is 16.1. The van der Waals surface area contributed by atoms with Crippen molar-refractivity contribution in [1.29, 1.82) is 0 Å². The number of carboxylic acid groups (broad SMARTS) is 5. The maximum atomic E-state index is 12.6. The number of aliphatic carboxylic acids is 5. The van der Waals surface area contributed by atoms with Gasteiger partial charge in [-0.05, 0) is 12.8 Å². The molecule has 0 rings (SSSR count). The van der Waals surface area contributed by atoms with Crippen molar-refractivity contribution < 1.29 is 63.9 Å². The van der Waals surface area contributed by atoms with E-state index in [2.05, 4.69) is 0 Å². The summed E-state index contributed by atoms with van der Waals surface area (Å²) in [5.41, 5.74) is 5.36. The Hall–Kier alpha value is -4.28. The Kier molecular flexibility index (Phi) is 13.0. The van der Waals surface area contributed by atoms with Crippen molar-refractivity contribution in [2.75, 3.05) is 0 Å². The minimum atomic E-state index is -1.86. The highest BCUT2D eigenvalue weighted by Crippen LogP contribution is 2.05. The predicted octanol–water partition coefficient (Wildman–Crippen LogP) is -3.47. The molecule has 0 aliphatic carbocycles. The first kappa shape index (κ1) is 30.7. The summed E-state index contributed by atoms with van der Waals surface area (Å²) in [6, 6.07) is -6.92. The Balaban J connectivity index is 5.62. The summed E-state index contributed by atoms with van der Waals surface area (Å²) < 4.78 is 0. The second kappa shape index (κ2) is 14.8. The SMILES string of the molecule is N[C@@H](CC(=O)O)C(=O)N[C@@H](CC(=O)O)C(=O)N[C@@H](CCC(=O)O)C(=O)N[C@@H](CCC(=O)O)C(=O)O. The summed E-state index contributed by atoms with van der Waals surface area (Å²) in [6.07, 6.45) is -4.30. The summed E-state index contributed by atoms with van der Waals surface area (Å²) in [5, 5.41) is 50.3. The van der Waals surface area contributed by atoms with Crippen molar-refractivity contribution >= 4 is 47.6 Å². The van der Waals surface area contributed by atoms with E-state index < -0.39 is 110 Å². The van der Waals surface area contributed by atoms with Crippen molar-refractivity contribution in [3.8, 4) is 0 Å². The summed E-state index contributed by atoms with van der Waals surface area (Å²) >= 11 is 0. The molecule has 196 valence electrons. The Morgan fingerprint density at radius 1 is 0.543 bits per heavy atom. The third-order valence-electron chi connectivity index (χ3n) is 4.28. The zero-order chi connectivity index (χ0) is 27.3.